The van der Waals surface area contributed by atoms with Gasteiger partial charge in [0, 0.05) is 39.1 Å². The van der Waals surface area contributed by atoms with Gasteiger partial charge >= 0.3 is 0 Å². The fraction of sp³-hybridized carbons (Fsp3) is 0.409. The number of benzene rings is 2. The van der Waals surface area contributed by atoms with Gasteiger partial charge in [-0.1, -0.05) is 30.3 Å². The van der Waals surface area contributed by atoms with Crippen molar-refractivity contribution in [2.45, 2.75) is 19.9 Å². The Labute approximate surface area is 160 Å². The first-order valence-corrected chi connectivity index (χ1v) is 9.62. The number of hydrogen-bond donors (Lipinski definition) is 0. The Balaban J connectivity index is 1.25. The number of piperazine rings is 1. The number of rotatable bonds is 5. The van der Waals surface area contributed by atoms with E-state index >= 15 is 0 Å². The van der Waals surface area contributed by atoms with E-state index in [-0.39, 0.29) is 12.5 Å². The van der Waals surface area contributed by atoms with Crippen molar-refractivity contribution in [1.82, 2.24) is 9.80 Å². The van der Waals surface area contributed by atoms with Crippen LogP contribution in [0.15, 0.2) is 42.5 Å². The molecule has 4 rings (SSSR count). The van der Waals surface area contributed by atoms with Crippen LogP contribution in [0.5, 0.6) is 11.5 Å². The first-order valence-electron chi connectivity index (χ1n) is 9.62. The topological polar surface area (TPSA) is 42.0 Å². The average Bonchev–Trinajstić information content (AvgIpc) is 3.15. The molecule has 1 amide bonds. The molecule has 5 nitrogen and oxygen atoms in total. The zero-order chi connectivity index (χ0) is 18.6. The number of para-hydroxylation sites is 1. The number of fused-ring (bicyclic) bond motifs is 1. The molecule has 0 aromatic heterocycles. The van der Waals surface area contributed by atoms with E-state index < -0.39 is 0 Å². The SMILES string of the molecule is Cc1ccccc1OCC(=O)N1CCN(Cc2ccc3c(c2)CCO3)CC1. The highest BCUT2D eigenvalue weighted by Crippen LogP contribution is 2.26. The minimum Gasteiger partial charge on any atom is -0.493 e. The highest BCUT2D eigenvalue weighted by molar-refractivity contribution is 5.78. The molecule has 27 heavy (non-hydrogen) atoms. The van der Waals surface area contributed by atoms with Crippen molar-refractivity contribution in [1.29, 1.82) is 0 Å². The lowest BCUT2D eigenvalue weighted by Gasteiger charge is -2.34. The molecule has 0 aliphatic carbocycles. The van der Waals surface area contributed by atoms with Crippen molar-refractivity contribution >= 4 is 5.91 Å². The Morgan fingerprint density at radius 2 is 1.93 bits per heavy atom. The Kier molecular flexibility index (Phi) is 5.30. The molecule has 2 aliphatic heterocycles. The molecular weight excluding hydrogens is 340 g/mol. The molecule has 0 saturated carbocycles. The predicted octanol–water partition coefficient (Wildman–Crippen LogP) is 2.65. The van der Waals surface area contributed by atoms with Crippen LogP contribution >= 0.6 is 0 Å². The second-order valence-corrected chi connectivity index (χ2v) is 7.25. The molecule has 0 unspecified atom stereocenters. The summed E-state index contributed by atoms with van der Waals surface area (Å²) < 4.78 is 11.3. The molecule has 0 bridgehead atoms. The first kappa shape index (κ1) is 17.9. The van der Waals surface area contributed by atoms with E-state index in [0.29, 0.717) is 0 Å². The van der Waals surface area contributed by atoms with Crippen molar-refractivity contribution < 1.29 is 14.3 Å². The largest absolute Gasteiger partial charge is 0.493 e. The molecule has 0 N–H and O–H groups in total. The normalized spacial score (nSPS) is 16.7. The molecular formula is C22H26N2O3. The lowest BCUT2D eigenvalue weighted by atomic mass is 10.1. The van der Waals surface area contributed by atoms with Crippen LogP contribution in [-0.2, 0) is 17.8 Å². The number of carbonyl (C=O) groups excluding carboxylic acids is 1. The highest BCUT2D eigenvalue weighted by atomic mass is 16.5. The van der Waals surface area contributed by atoms with Crippen LogP contribution in [0.2, 0.25) is 0 Å². The zero-order valence-electron chi connectivity index (χ0n) is 15.8. The van der Waals surface area contributed by atoms with Gasteiger partial charge in [-0.3, -0.25) is 9.69 Å². The van der Waals surface area contributed by atoms with E-state index in [1.807, 2.05) is 36.1 Å². The average molecular weight is 366 g/mol. The highest BCUT2D eigenvalue weighted by Gasteiger charge is 2.22. The number of hydrogen-bond acceptors (Lipinski definition) is 4. The van der Waals surface area contributed by atoms with Gasteiger partial charge in [0.25, 0.3) is 5.91 Å². The van der Waals surface area contributed by atoms with Crippen molar-refractivity contribution in [3.8, 4) is 11.5 Å². The van der Waals surface area contributed by atoms with Gasteiger partial charge < -0.3 is 14.4 Å². The fourth-order valence-electron chi connectivity index (χ4n) is 3.70. The van der Waals surface area contributed by atoms with Gasteiger partial charge in [-0.2, -0.15) is 0 Å². The molecule has 5 heteroatoms. The van der Waals surface area contributed by atoms with Crippen LogP contribution in [0, 0.1) is 6.92 Å². The second-order valence-electron chi connectivity index (χ2n) is 7.25. The number of nitrogens with zero attached hydrogens (tertiary/aromatic N) is 2. The summed E-state index contributed by atoms with van der Waals surface area (Å²) >= 11 is 0. The van der Waals surface area contributed by atoms with Gasteiger partial charge in [-0.05, 0) is 35.7 Å². The molecule has 1 fully saturated rings. The van der Waals surface area contributed by atoms with Gasteiger partial charge in [-0.25, -0.2) is 0 Å². The Morgan fingerprint density at radius 3 is 2.74 bits per heavy atom. The van der Waals surface area contributed by atoms with Gasteiger partial charge in [0.05, 0.1) is 6.61 Å². The third-order valence-electron chi connectivity index (χ3n) is 5.33. The summed E-state index contributed by atoms with van der Waals surface area (Å²) in [5.41, 5.74) is 3.69. The fourth-order valence-corrected chi connectivity index (χ4v) is 3.70. The van der Waals surface area contributed by atoms with E-state index in [0.717, 1.165) is 62.8 Å². The summed E-state index contributed by atoms with van der Waals surface area (Å²) in [6.45, 7) is 7.11. The minimum atomic E-state index is 0.0626. The smallest absolute Gasteiger partial charge is 0.260 e. The maximum atomic E-state index is 12.4. The van der Waals surface area contributed by atoms with Crippen molar-refractivity contribution in [3.63, 3.8) is 0 Å². The quantitative estimate of drug-likeness (QED) is 0.816. The summed E-state index contributed by atoms with van der Waals surface area (Å²) in [4.78, 5) is 16.8. The van der Waals surface area contributed by atoms with Crippen LogP contribution in [0.3, 0.4) is 0 Å². The van der Waals surface area contributed by atoms with Crippen LogP contribution in [-0.4, -0.2) is 55.1 Å². The summed E-state index contributed by atoms with van der Waals surface area (Å²) in [7, 11) is 0. The third kappa shape index (κ3) is 4.25. The van der Waals surface area contributed by atoms with E-state index in [4.69, 9.17) is 9.47 Å². The van der Waals surface area contributed by atoms with Gasteiger partial charge in [0.15, 0.2) is 6.61 Å². The first-order chi connectivity index (χ1) is 13.2. The maximum absolute atomic E-state index is 12.4. The molecule has 2 aliphatic rings. The van der Waals surface area contributed by atoms with Crippen LogP contribution < -0.4 is 9.47 Å². The number of ether oxygens (including phenoxy) is 2. The second kappa shape index (κ2) is 8.01. The van der Waals surface area contributed by atoms with Crippen LogP contribution in [0.1, 0.15) is 16.7 Å². The van der Waals surface area contributed by atoms with Gasteiger partial charge in [0.1, 0.15) is 11.5 Å². The molecule has 0 spiro atoms. The molecule has 1 saturated heterocycles. The summed E-state index contributed by atoms with van der Waals surface area (Å²) in [6.07, 6.45) is 1.01. The van der Waals surface area contributed by atoms with E-state index in [9.17, 15) is 4.79 Å². The number of amides is 1. The van der Waals surface area contributed by atoms with E-state index in [1.165, 1.54) is 11.1 Å². The molecule has 0 atom stereocenters. The molecule has 142 valence electrons. The maximum Gasteiger partial charge on any atom is 0.260 e. The number of aryl methyl sites for hydroxylation is 1. The summed E-state index contributed by atoms with van der Waals surface area (Å²) in [5, 5.41) is 0. The Hall–Kier alpha value is -2.53. The summed E-state index contributed by atoms with van der Waals surface area (Å²) in [6, 6.07) is 14.3. The van der Waals surface area contributed by atoms with Crippen molar-refractivity contribution in [2.75, 3.05) is 39.4 Å². The van der Waals surface area contributed by atoms with Gasteiger partial charge in [-0.15, -0.1) is 0 Å². The standard InChI is InChI=1S/C22H26N2O3/c1-17-4-2-3-5-20(17)27-16-22(25)24-11-9-23(10-12-24)15-18-6-7-21-19(14-18)8-13-26-21/h2-7,14H,8-13,15-16H2,1H3. The molecule has 2 aromatic rings. The van der Waals surface area contributed by atoms with Gasteiger partial charge in [0.2, 0.25) is 0 Å². The molecule has 2 heterocycles. The third-order valence-corrected chi connectivity index (χ3v) is 5.33. The van der Waals surface area contributed by atoms with Crippen LogP contribution in [0.25, 0.3) is 0 Å². The monoisotopic (exact) mass is 366 g/mol. The zero-order valence-corrected chi connectivity index (χ0v) is 15.8. The Morgan fingerprint density at radius 1 is 1.11 bits per heavy atom. The number of carbonyl (C=O) groups is 1. The minimum absolute atomic E-state index is 0.0626. The Bertz CT molecular complexity index is 813. The lowest BCUT2D eigenvalue weighted by molar-refractivity contribution is -0.135. The predicted molar refractivity (Wildman–Crippen MR) is 104 cm³/mol. The van der Waals surface area contributed by atoms with Crippen molar-refractivity contribution in [2.24, 2.45) is 0 Å². The lowest BCUT2D eigenvalue weighted by Crippen LogP contribution is -2.49. The van der Waals surface area contributed by atoms with E-state index in [1.54, 1.807) is 0 Å². The summed E-state index contributed by atoms with van der Waals surface area (Å²) in [5.74, 6) is 1.88. The van der Waals surface area contributed by atoms with Crippen molar-refractivity contribution in [3.05, 3.63) is 59.2 Å². The molecule has 0 radical (unpaired) electrons. The van der Waals surface area contributed by atoms with Crippen LogP contribution in [0.4, 0.5) is 0 Å². The molecule has 2 aromatic carbocycles. The van der Waals surface area contributed by atoms with E-state index in [2.05, 4.69) is 23.1 Å².